The van der Waals surface area contributed by atoms with Gasteiger partial charge in [-0.2, -0.15) is 9.90 Å². The smallest absolute Gasteiger partial charge is 0.273 e. The zero-order valence-electron chi connectivity index (χ0n) is 11.5. The van der Waals surface area contributed by atoms with Gasteiger partial charge in [0.15, 0.2) is 5.69 Å². The lowest BCUT2D eigenvalue weighted by Crippen LogP contribution is -2.27. The van der Waals surface area contributed by atoms with Crippen LogP contribution in [0.1, 0.15) is 23.8 Å². The van der Waals surface area contributed by atoms with Crippen molar-refractivity contribution >= 4 is 5.91 Å². The summed E-state index contributed by atoms with van der Waals surface area (Å²) in [5.41, 5.74) is 1.16. The van der Waals surface area contributed by atoms with E-state index in [1.165, 1.54) is 11.0 Å². The summed E-state index contributed by atoms with van der Waals surface area (Å²) in [4.78, 5) is 13.3. The van der Waals surface area contributed by atoms with Crippen molar-refractivity contribution in [2.75, 3.05) is 19.6 Å². The number of rotatable bonds is 7. The molecule has 0 aliphatic rings. The lowest BCUT2D eigenvalue weighted by Gasteiger charge is -2.03. The van der Waals surface area contributed by atoms with Crippen molar-refractivity contribution in [3.63, 3.8) is 0 Å². The Morgan fingerprint density at radius 3 is 2.80 bits per heavy atom. The van der Waals surface area contributed by atoms with Crippen molar-refractivity contribution in [2.45, 2.75) is 13.3 Å². The van der Waals surface area contributed by atoms with E-state index in [1.807, 2.05) is 30.3 Å². The van der Waals surface area contributed by atoms with Gasteiger partial charge in [0, 0.05) is 6.54 Å². The summed E-state index contributed by atoms with van der Waals surface area (Å²) >= 11 is 0. The summed E-state index contributed by atoms with van der Waals surface area (Å²) in [6.45, 7) is 4.53. The van der Waals surface area contributed by atoms with Crippen LogP contribution in [0.25, 0.3) is 5.69 Å². The molecule has 0 aliphatic carbocycles. The Hall–Kier alpha value is -2.21. The Morgan fingerprint density at radius 1 is 1.25 bits per heavy atom. The van der Waals surface area contributed by atoms with E-state index < -0.39 is 0 Å². The van der Waals surface area contributed by atoms with Gasteiger partial charge in [-0.05, 0) is 31.6 Å². The molecule has 1 aromatic carbocycles. The molecule has 0 bridgehead atoms. The first-order valence-electron chi connectivity index (χ1n) is 6.78. The van der Waals surface area contributed by atoms with Crippen LogP contribution in [0, 0.1) is 0 Å². The lowest BCUT2D eigenvalue weighted by atomic mass is 10.3. The number of amides is 1. The van der Waals surface area contributed by atoms with Gasteiger partial charge in [0.1, 0.15) is 0 Å². The van der Waals surface area contributed by atoms with E-state index in [1.54, 1.807) is 0 Å². The van der Waals surface area contributed by atoms with Crippen LogP contribution in [0.15, 0.2) is 36.5 Å². The maximum Gasteiger partial charge on any atom is 0.273 e. The maximum absolute atomic E-state index is 11.9. The third-order valence-corrected chi connectivity index (χ3v) is 2.78. The molecule has 0 aliphatic heterocycles. The molecule has 0 saturated heterocycles. The summed E-state index contributed by atoms with van der Waals surface area (Å²) in [5, 5.41) is 14.3. The third-order valence-electron chi connectivity index (χ3n) is 2.78. The molecule has 1 heterocycles. The first kappa shape index (κ1) is 14.2. The lowest BCUT2D eigenvalue weighted by molar-refractivity contribution is 0.0948. The van der Waals surface area contributed by atoms with Gasteiger partial charge in [0.2, 0.25) is 0 Å². The molecular weight excluding hydrogens is 254 g/mol. The quantitative estimate of drug-likeness (QED) is 0.738. The van der Waals surface area contributed by atoms with Crippen LogP contribution in [0.3, 0.4) is 0 Å². The van der Waals surface area contributed by atoms with Gasteiger partial charge in [-0.1, -0.05) is 25.1 Å². The van der Waals surface area contributed by atoms with E-state index in [4.69, 9.17) is 0 Å². The van der Waals surface area contributed by atoms with E-state index in [-0.39, 0.29) is 5.91 Å². The first-order chi connectivity index (χ1) is 9.81. The Kier molecular flexibility index (Phi) is 5.25. The molecule has 0 fully saturated rings. The van der Waals surface area contributed by atoms with Crippen LogP contribution in [-0.2, 0) is 0 Å². The highest BCUT2D eigenvalue weighted by molar-refractivity contribution is 5.91. The normalized spacial score (nSPS) is 10.4. The molecule has 1 amide bonds. The molecule has 6 heteroatoms. The van der Waals surface area contributed by atoms with Gasteiger partial charge in [0.25, 0.3) is 5.91 Å². The fraction of sp³-hybridized carbons (Fsp3) is 0.357. The Labute approximate surface area is 118 Å². The minimum atomic E-state index is -0.191. The molecule has 0 atom stereocenters. The van der Waals surface area contributed by atoms with Gasteiger partial charge in [-0.15, -0.1) is 5.10 Å². The largest absolute Gasteiger partial charge is 0.351 e. The number of nitrogens with one attached hydrogen (secondary N) is 2. The molecule has 1 aromatic heterocycles. The highest BCUT2D eigenvalue weighted by Gasteiger charge is 2.10. The predicted octanol–water partition coefficient (Wildman–Crippen LogP) is 0.997. The molecule has 0 spiro atoms. The van der Waals surface area contributed by atoms with Crippen LogP contribution < -0.4 is 10.6 Å². The summed E-state index contributed by atoms with van der Waals surface area (Å²) in [6.07, 6.45) is 2.37. The Balaban J connectivity index is 1.87. The number of carbonyl (C=O) groups is 1. The zero-order chi connectivity index (χ0) is 14.2. The zero-order valence-corrected chi connectivity index (χ0v) is 11.5. The number of carbonyl (C=O) groups excluding carboxylic acids is 1. The Bertz CT molecular complexity index is 538. The minimum absolute atomic E-state index is 0.191. The monoisotopic (exact) mass is 273 g/mol. The fourth-order valence-electron chi connectivity index (χ4n) is 1.74. The van der Waals surface area contributed by atoms with Crippen molar-refractivity contribution in [3.8, 4) is 5.69 Å². The minimum Gasteiger partial charge on any atom is -0.351 e. The second-order valence-corrected chi connectivity index (χ2v) is 4.32. The number of hydrogen-bond donors (Lipinski definition) is 2. The third kappa shape index (κ3) is 3.89. The van der Waals surface area contributed by atoms with Gasteiger partial charge in [-0.3, -0.25) is 4.79 Å². The molecule has 0 radical (unpaired) electrons. The van der Waals surface area contributed by atoms with Gasteiger partial charge >= 0.3 is 0 Å². The average molecular weight is 273 g/mol. The van der Waals surface area contributed by atoms with E-state index in [9.17, 15) is 4.79 Å². The highest BCUT2D eigenvalue weighted by Crippen LogP contribution is 2.04. The van der Waals surface area contributed by atoms with E-state index >= 15 is 0 Å². The van der Waals surface area contributed by atoms with Crippen LogP contribution in [0.4, 0.5) is 0 Å². The second kappa shape index (κ2) is 7.40. The summed E-state index contributed by atoms with van der Waals surface area (Å²) in [6, 6.07) is 9.50. The summed E-state index contributed by atoms with van der Waals surface area (Å²) in [7, 11) is 0. The average Bonchev–Trinajstić information content (AvgIpc) is 2.98. The topological polar surface area (TPSA) is 71.8 Å². The predicted molar refractivity (Wildman–Crippen MR) is 76.9 cm³/mol. The van der Waals surface area contributed by atoms with E-state index in [0.29, 0.717) is 12.2 Å². The summed E-state index contributed by atoms with van der Waals surface area (Å²) < 4.78 is 0. The molecule has 2 aromatic rings. The van der Waals surface area contributed by atoms with Crippen molar-refractivity contribution < 1.29 is 4.79 Å². The van der Waals surface area contributed by atoms with Crippen molar-refractivity contribution in [1.82, 2.24) is 25.6 Å². The van der Waals surface area contributed by atoms with E-state index in [0.717, 1.165) is 25.2 Å². The van der Waals surface area contributed by atoms with Crippen LogP contribution in [0.5, 0.6) is 0 Å². The van der Waals surface area contributed by atoms with Crippen LogP contribution in [0.2, 0.25) is 0 Å². The molecular formula is C14H19N5O. The number of benzene rings is 1. The first-order valence-corrected chi connectivity index (χ1v) is 6.78. The molecule has 106 valence electrons. The number of aromatic nitrogens is 3. The van der Waals surface area contributed by atoms with Crippen molar-refractivity contribution in [3.05, 3.63) is 42.2 Å². The van der Waals surface area contributed by atoms with Crippen LogP contribution in [-0.4, -0.2) is 40.5 Å². The fourth-order valence-corrected chi connectivity index (χ4v) is 1.74. The van der Waals surface area contributed by atoms with Crippen LogP contribution >= 0.6 is 0 Å². The molecule has 0 unspecified atom stereocenters. The SMILES string of the molecule is CCNCCCNC(=O)c1cnn(-c2ccccc2)n1. The second-order valence-electron chi connectivity index (χ2n) is 4.32. The van der Waals surface area contributed by atoms with Gasteiger partial charge in [-0.25, -0.2) is 0 Å². The number of nitrogens with zero attached hydrogens (tertiary/aromatic N) is 3. The summed E-state index contributed by atoms with van der Waals surface area (Å²) in [5.74, 6) is -0.191. The van der Waals surface area contributed by atoms with Gasteiger partial charge in [0.05, 0.1) is 11.9 Å². The molecule has 20 heavy (non-hydrogen) atoms. The molecule has 2 N–H and O–H groups in total. The number of para-hydroxylation sites is 1. The number of hydrogen-bond acceptors (Lipinski definition) is 4. The Morgan fingerprint density at radius 2 is 2.05 bits per heavy atom. The molecule has 2 rings (SSSR count). The maximum atomic E-state index is 11.9. The molecule has 6 nitrogen and oxygen atoms in total. The standard InChI is InChI=1S/C14H19N5O/c1-2-15-9-6-10-16-14(20)13-11-17-19(18-13)12-7-4-3-5-8-12/h3-5,7-8,11,15H,2,6,9-10H2,1H3,(H,16,20). The van der Waals surface area contributed by atoms with Crippen molar-refractivity contribution in [2.24, 2.45) is 0 Å². The highest BCUT2D eigenvalue weighted by atomic mass is 16.2. The van der Waals surface area contributed by atoms with Gasteiger partial charge < -0.3 is 10.6 Å². The van der Waals surface area contributed by atoms with Crippen molar-refractivity contribution in [1.29, 1.82) is 0 Å². The molecule has 0 saturated carbocycles. The van der Waals surface area contributed by atoms with E-state index in [2.05, 4.69) is 27.8 Å².